The lowest BCUT2D eigenvalue weighted by Gasteiger charge is -2.18. The fraction of sp³-hybridized carbons (Fsp3) is 0.529. The van der Waals surface area contributed by atoms with Crippen molar-refractivity contribution in [2.45, 2.75) is 32.7 Å². The molecule has 0 bridgehead atoms. The maximum atomic E-state index is 13.6. The SMILES string of the molecule is CN=C(NCCNC(=O)C1CC1)NC(C)c1ccc(C)c(F)c1. The van der Waals surface area contributed by atoms with E-state index < -0.39 is 0 Å². The lowest BCUT2D eigenvalue weighted by Crippen LogP contribution is -2.42. The lowest BCUT2D eigenvalue weighted by molar-refractivity contribution is -0.122. The van der Waals surface area contributed by atoms with Gasteiger partial charge in [-0.3, -0.25) is 9.79 Å². The average Bonchev–Trinajstić information content (AvgIpc) is 3.37. The summed E-state index contributed by atoms with van der Waals surface area (Å²) in [7, 11) is 1.68. The summed E-state index contributed by atoms with van der Waals surface area (Å²) in [6, 6.07) is 5.14. The van der Waals surface area contributed by atoms with Crippen molar-refractivity contribution >= 4 is 11.9 Å². The molecule has 0 saturated heterocycles. The maximum Gasteiger partial charge on any atom is 0.223 e. The van der Waals surface area contributed by atoms with E-state index in [-0.39, 0.29) is 23.7 Å². The molecular formula is C17H25FN4O. The zero-order chi connectivity index (χ0) is 16.8. The smallest absolute Gasteiger partial charge is 0.223 e. The molecule has 6 heteroatoms. The van der Waals surface area contributed by atoms with Crippen LogP contribution in [0.3, 0.4) is 0 Å². The molecule has 3 N–H and O–H groups in total. The van der Waals surface area contributed by atoms with Gasteiger partial charge in [-0.1, -0.05) is 12.1 Å². The zero-order valence-electron chi connectivity index (χ0n) is 13.9. The zero-order valence-corrected chi connectivity index (χ0v) is 13.9. The van der Waals surface area contributed by atoms with Crippen LogP contribution < -0.4 is 16.0 Å². The van der Waals surface area contributed by atoms with E-state index in [1.54, 1.807) is 20.0 Å². The number of nitrogens with one attached hydrogen (secondary N) is 3. The fourth-order valence-electron chi connectivity index (χ4n) is 2.22. The van der Waals surface area contributed by atoms with Crippen molar-refractivity contribution < 1.29 is 9.18 Å². The normalized spacial score (nSPS) is 15.9. The standard InChI is InChI=1S/C17H25FN4O/c1-11-4-5-14(10-15(11)18)12(2)22-17(19-3)21-9-8-20-16(23)13-6-7-13/h4-5,10,12-13H,6-9H2,1-3H3,(H,20,23)(H2,19,21,22). The number of benzene rings is 1. The van der Waals surface area contributed by atoms with E-state index in [1.807, 2.05) is 13.0 Å². The third kappa shape index (κ3) is 5.23. The third-order valence-electron chi connectivity index (χ3n) is 3.94. The van der Waals surface area contributed by atoms with E-state index in [9.17, 15) is 9.18 Å². The molecule has 1 saturated carbocycles. The van der Waals surface area contributed by atoms with E-state index in [0.717, 1.165) is 18.4 Å². The molecule has 0 radical (unpaired) electrons. The molecule has 1 unspecified atom stereocenters. The number of nitrogens with zero attached hydrogens (tertiary/aromatic N) is 1. The van der Waals surface area contributed by atoms with Crippen LogP contribution in [0, 0.1) is 18.7 Å². The van der Waals surface area contributed by atoms with Crippen molar-refractivity contribution in [1.29, 1.82) is 0 Å². The summed E-state index contributed by atoms with van der Waals surface area (Å²) in [5.74, 6) is 0.781. The quantitative estimate of drug-likeness (QED) is 0.426. The first-order valence-corrected chi connectivity index (χ1v) is 8.02. The number of amides is 1. The van der Waals surface area contributed by atoms with E-state index in [1.165, 1.54) is 6.07 Å². The number of halogens is 1. The molecule has 1 fully saturated rings. The highest BCUT2D eigenvalue weighted by Gasteiger charge is 2.28. The molecule has 0 heterocycles. The Morgan fingerprint density at radius 1 is 1.35 bits per heavy atom. The van der Waals surface area contributed by atoms with Crippen LogP contribution in [0.5, 0.6) is 0 Å². The highest BCUT2D eigenvalue weighted by Crippen LogP contribution is 2.28. The van der Waals surface area contributed by atoms with Gasteiger partial charge in [0.05, 0.1) is 6.04 Å². The van der Waals surface area contributed by atoms with E-state index in [4.69, 9.17) is 0 Å². The fourth-order valence-corrected chi connectivity index (χ4v) is 2.22. The molecule has 1 aliphatic rings. The Morgan fingerprint density at radius 3 is 2.65 bits per heavy atom. The van der Waals surface area contributed by atoms with E-state index in [2.05, 4.69) is 20.9 Å². The van der Waals surface area contributed by atoms with Gasteiger partial charge in [-0.2, -0.15) is 0 Å². The highest BCUT2D eigenvalue weighted by molar-refractivity contribution is 5.81. The molecule has 1 atom stereocenters. The first-order valence-electron chi connectivity index (χ1n) is 8.02. The molecule has 1 aliphatic carbocycles. The summed E-state index contributed by atoms with van der Waals surface area (Å²) in [5.41, 5.74) is 1.49. The number of hydrogen-bond donors (Lipinski definition) is 3. The van der Waals surface area contributed by atoms with Gasteiger partial charge in [0.2, 0.25) is 5.91 Å². The Hall–Kier alpha value is -2.11. The summed E-state index contributed by atoms with van der Waals surface area (Å²) in [5, 5.41) is 9.24. The number of rotatable bonds is 6. The Kier molecular flexibility index (Phi) is 5.96. The van der Waals surface area contributed by atoms with Gasteiger partial charge in [0, 0.05) is 26.1 Å². The van der Waals surface area contributed by atoms with Gasteiger partial charge in [0.1, 0.15) is 5.82 Å². The Labute approximate surface area is 136 Å². The predicted octanol–water partition coefficient (Wildman–Crippen LogP) is 1.89. The van der Waals surface area contributed by atoms with Crippen molar-refractivity contribution in [3.05, 3.63) is 35.1 Å². The van der Waals surface area contributed by atoms with Crippen LogP contribution in [-0.2, 0) is 4.79 Å². The van der Waals surface area contributed by atoms with Crippen molar-refractivity contribution in [2.24, 2.45) is 10.9 Å². The van der Waals surface area contributed by atoms with Crippen LogP contribution >= 0.6 is 0 Å². The summed E-state index contributed by atoms with van der Waals surface area (Å²) < 4.78 is 13.6. The average molecular weight is 320 g/mol. The van der Waals surface area contributed by atoms with Crippen LogP contribution in [0.15, 0.2) is 23.2 Å². The van der Waals surface area contributed by atoms with Crippen LogP contribution in [0.4, 0.5) is 4.39 Å². The summed E-state index contributed by atoms with van der Waals surface area (Å²) >= 11 is 0. The molecule has 1 aromatic carbocycles. The van der Waals surface area contributed by atoms with Crippen LogP contribution in [0.25, 0.3) is 0 Å². The first kappa shape index (κ1) is 17.2. The van der Waals surface area contributed by atoms with Gasteiger partial charge in [0.15, 0.2) is 5.96 Å². The molecule has 0 spiro atoms. The number of aliphatic imine (C=N–C) groups is 1. The molecule has 1 amide bonds. The minimum Gasteiger partial charge on any atom is -0.355 e. The second-order valence-electron chi connectivity index (χ2n) is 5.94. The molecule has 126 valence electrons. The second-order valence-corrected chi connectivity index (χ2v) is 5.94. The van der Waals surface area contributed by atoms with Crippen molar-refractivity contribution in [3.63, 3.8) is 0 Å². The Morgan fingerprint density at radius 2 is 2.04 bits per heavy atom. The van der Waals surface area contributed by atoms with Gasteiger partial charge in [-0.15, -0.1) is 0 Å². The second kappa shape index (κ2) is 7.94. The molecule has 0 aliphatic heterocycles. The number of hydrogen-bond acceptors (Lipinski definition) is 2. The lowest BCUT2D eigenvalue weighted by atomic mass is 10.1. The molecule has 0 aromatic heterocycles. The van der Waals surface area contributed by atoms with E-state index >= 15 is 0 Å². The topological polar surface area (TPSA) is 65.5 Å². The molecule has 2 rings (SSSR count). The summed E-state index contributed by atoms with van der Waals surface area (Å²) in [6.07, 6.45) is 2.01. The third-order valence-corrected chi connectivity index (χ3v) is 3.94. The molecular weight excluding hydrogens is 295 g/mol. The number of carbonyl (C=O) groups excluding carboxylic acids is 1. The Bertz CT molecular complexity index is 584. The summed E-state index contributed by atoms with van der Waals surface area (Å²) in [6.45, 7) is 4.84. The largest absolute Gasteiger partial charge is 0.355 e. The van der Waals surface area contributed by atoms with Gasteiger partial charge < -0.3 is 16.0 Å². The molecule has 1 aromatic rings. The highest BCUT2D eigenvalue weighted by atomic mass is 19.1. The maximum absolute atomic E-state index is 13.6. The van der Waals surface area contributed by atoms with Crippen LogP contribution in [-0.4, -0.2) is 32.0 Å². The number of carbonyl (C=O) groups is 1. The first-order chi connectivity index (χ1) is 11.0. The van der Waals surface area contributed by atoms with E-state index in [0.29, 0.717) is 24.6 Å². The van der Waals surface area contributed by atoms with Crippen molar-refractivity contribution in [2.75, 3.05) is 20.1 Å². The van der Waals surface area contributed by atoms with Crippen LogP contribution in [0.1, 0.15) is 36.9 Å². The van der Waals surface area contributed by atoms with Crippen molar-refractivity contribution in [1.82, 2.24) is 16.0 Å². The van der Waals surface area contributed by atoms with Crippen LogP contribution in [0.2, 0.25) is 0 Å². The number of aryl methyl sites for hydroxylation is 1. The monoisotopic (exact) mass is 320 g/mol. The van der Waals surface area contributed by atoms with Gasteiger partial charge in [-0.25, -0.2) is 4.39 Å². The van der Waals surface area contributed by atoms with Gasteiger partial charge in [0.25, 0.3) is 0 Å². The minimum absolute atomic E-state index is 0.0719. The predicted molar refractivity (Wildman–Crippen MR) is 89.8 cm³/mol. The van der Waals surface area contributed by atoms with Crippen molar-refractivity contribution in [3.8, 4) is 0 Å². The van der Waals surface area contributed by atoms with Gasteiger partial charge >= 0.3 is 0 Å². The van der Waals surface area contributed by atoms with Gasteiger partial charge in [-0.05, 0) is 43.9 Å². The summed E-state index contributed by atoms with van der Waals surface area (Å²) in [4.78, 5) is 15.7. The Balaban J connectivity index is 1.76. The molecule has 23 heavy (non-hydrogen) atoms. The molecule has 5 nitrogen and oxygen atoms in total. The minimum atomic E-state index is -0.207. The number of guanidine groups is 1.